The number of hydrogen-bond acceptors (Lipinski definition) is 4. The van der Waals surface area contributed by atoms with Crippen LogP contribution in [-0.4, -0.2) is 51.3 Å². The molecule has 0 bridgehead atoms. The highest BCUT2D eigenvalue weighted by atomic mass is 32.2. The molecule has 0 aromatic heterocycles. The van der Waals surface area contributed by atoms with Crippen molar-refractivity contribution in [1.29, 1.82) is 0 Å². The summed E-state index contributed by atoms with van der Waals surface area (Å²) in [6, 6.07) is 22.6. The Morgan fingerprint density at radius 1 is 0.892 bits per heavy atom. The Kier molecular flexibility index (Phi) is 9.47. The van der Waals surface area contributed by atoms with Gasteiger partial charge in [0.1, 0.15) is 12.6 Å². The van der Waals surface area contributed by atoms with E-state index in [1.165, 1.54) is 11.9 Å². The van der Waals surface area contributed by atoms with Crippen LogP contribution in [0.5, 0.6) is 0 Å². The first kappa shape index (κ1) is 27.9. The highest BCUT2D eigenvalue weighted by Gasteiger charge is 2.33. The normalized spacial score (nSPS) is 12.0. The van der Waals surface area contributed by atoms with Crippen LogP contribution in [0.1, 0.15) is 30.0 Å². The third kappa shape index (κ3) is 6.77. The molecule has 0 radical (unpaired) electrons. The Balaban J connectivity index is 2.01. The molecular formula is C29H35N3O4S. The first-order chi connectivity index (χ1) is 17.7. The van der Waals surface area contributed by atoms with Crippen LogP contribution in [-0.2, 0) is 26.0 Å². The van der Waals surface area contributed by atoms with Crippen molar-refractivity contribution in [2.45, 2.75) is 44.6 Å². The largest absolute Gasteiger partial charge is 0.357 e. The first-order valence-corrected chi connectivity index (χ1v) is 13.8. The molecule has 3 rings (SSSR count). The summed E-state index contributed by atoms with van der Waals surface area (Å²) < 4.78 is 28.8. The van der Waals surface area contributed by atoms with Gasteiger partial charge in [-0.15, -0.1) is 0 Å². The number of carbonyl (C=O) groups is 2. The maximum absolute atomic E-state index is 13.9. The zero-order chi connectivity index (χ0) is 27.0. The Hall–Kier alpha value is -3.65. The maximum atomic E-state index is 13.9. The quantitative estimate of drug-likeness (QED) is 0.412. The summed E-state index contributed by atoms with van der Waals surface area (Å²) in [7, 11) is -2.53. The van der Waals surface area contributed by atoms with Gasteiger partial charge in [-0.05, 0) is 56.0 Å². The highest BCUT2D eigenvalue weighted by Crippen LogP contribution is 2.27. The molecule has 0 aliphatic rings. The van der Waals surface area contributed by atoms with E-state index in [1.807, 2.05) is 63.2 Å². The van der Waals surface area contributed by atoms with Gasteiger partial charge in [-0.3, -0.25) is 13.9 Å². The molecule has 8 heteroatoms. The third-order valence-electron chi connectivity index (χ3n) is 6.39. The van der Waals surface area contributed by atoms with Crippen molar-refractivity contribution in [2.75, 3.05) is 24.4 Å². The average molecular weight is 522 g/mol. The van der Waals surface area contributed by atoms with Gasteiger partial charge >= 0.3 is 0 Å². The van der Waals surface area contributed by atoms with Crippen LogP contribution in [0.25, 0.3) is 0 Å². The molecule has 2 amide bonds. The molecule has 0 spiro atoms. The molecule has 0 fully saturated rings. The number of hydrogen-bond donors (Lipinski definition) is 1. The summed E-state index contributed by atoms with van der Waals surface area (Å²) in [5, 5.41) is 2.64. The molecule has 0 aliphatic heterocycles. The maximum Gasteiger partial charge on any atom is 0.264 e. The Bertz CT molecular complexity index is 1310. The molecule has 196 valence electrons. The summed E-state index contributed by atoms with van der Waals surface area (Å²) in [5.41, 5.74) is 3.10. The summed E-state index contributed by atoms with van der Waals surface area (Å²) in [5.74, 6) is -0.724. The van der Waals surface area contributed by atoms with Gasteiger partial charge in [0.15, 0.2) is 0 Å². The van der Waals surface area contributed by atoms with Gasteiger partial charge in [-0.25, -0.2) is 8.42 Å². The lowest BCUT2D eigenvalue weighted by atomic mass is 10.1. The molecule has 1 atom stereocenters. The van der Waals surface area contributed by atoms with Crippen molar-refractivity contribution < 1.29 is 18.0 Å². The lowest BCUT2D eigenvalue weighted by molar-refractivity contribution is -0.139. The van der Waals surface area contributed by atoms with Gasteiger partial charge in [0.05, 0.1) is 10.6 Å². The zero-order valence-electron chi connectivity index (χ0n) is 21.8. The van der Waals surface area contributed by atoms with E-state index >= 15 is 0 Å². The van der Waals surface area contributed by atoms with Gasteiger partial charge in [-0.2, -0.15) is 0 Å². The number of sulfonamides is 1. The molecular weight excluding hydrogens is 486 g/mol. The highest BCUT2D eigenvalue weighted by molar-refractivity contribution is 7.92. The van der Waals surface area contributed by atoms with Crippen LogP contribution in [0.3, 0.4) is 0 Å². The van der Waals surface area contributed by atoms with Crippen LogP contribution in [0, 0.1) is 13.8 Å². The Morgan fingerprint density at radius 3 is 2.11 bits per heavy atom. The number of aryl methyl sites for hydroxylation is 2. The van der Waals surface area contributed by atoms with Crippen molar-refractivity contribution >= 4 is 27.5 Å². The van der Waals surface area contributed by atoms with E-state index in [-0.39, 0.29) is 17.3 Å². The molecule has 7 nitrogen and oxygen atoms in total. The van der Waals surface area contributed by atoms with E-state index < -0.39 is 28.5 Å². The first-order valence-electron chi connectivity index (χ1n) is 12.4. The van der Waals surface area contributed by atoms with Gasteiger partial charge < -0.3 is 10.2 Å². The summed E-state index contributed by atoms with van der Waals surface area (Å²) >= 11 is 0. The predicted molar refractivity (Wildman–Crippen MR) is 147 cm³/mol. The van der Waals surface area contributed by atoms with Crippen LogP contribution in [0.2, 0.25) is 0 Å². The number of carbonyl (C=O) groups excluding carboxylic acids is 2. The fourth-order valence-electron chi connectivity index (χ4n) is 4.26. The van der Waals surface area contributed by atoms with Crippen LogP contribution >= 0.6 is 0 Å². The molecule has 0 aliphatic carbocycles. The van der Waals surface area contributed by atoms with Gasteiger partial charge in [-0.1, -0.05) is 73.2 Å². The minimum atomic E-state index is -4.06. The fraction of sp³-hybridized carbons (Fsp3) is 0.310. The fourth-order valence-corrected chi connectivity index (χ4v) is 5.74. The monoisotopic (exact) mass is 521 g/mol. The predicted octanol–water partition coefficient (Wildman–Crippen LogP) is 4.09. The summed E-state index contributed by atoms with van der Waals surface area (Å²) in [6.07, 6.45) is 0.935. The van der Waals surface area contributed by atoms with Crippen LogP contribution < -0.4 is 9.62 Å². The number of anilines is 1. The van der Waals surface area contributed by atoms with E-state index in [0.29, 0.717) is 18.5 Å². The van der Waals surface area contributed by atoms with Gasteiger partial charge in [0.25, 0.3) is 10.0 Å². The number of rotatable bonds is 11. The third-order valence-corrected chi connectivity index (χ3v) is 8.16. The number of benzene rings is 3. The average Bonchev–Trinajstić information content (AvgIpc) is 2.90. The van der Waals surface area contributed by atoms with Crippen molar-refractivity contribution in [1.82, 2.24) is 10.2 Å². The van der Waals surface area contributed by atoms with Crippen LogP contribution in [0.4, 0.5) is 5.69 Å². The topological polar surface area (TPSA) is 86.8 Å². The second-order valence-electron chi connectivity index (χ2n) is 8.97. The molecule has 3 aromatic carbocycles. The lowest BCUT2D eigenvalue weighted by Crippen LogP contribution is -2.52. The second-order valence-corrected chi connectivity index (χ2v) is 10.8. The second kappa shape index (κ2) is 12.5. The molecule has 0 heterocycles. The standard InChI is InChI=1S/C29H35N3O4S/c1-5-26(29(34)30-4)31(20-19-24-12-7-6-8-13-24)28(33)21-32(27-14-10-9-11-23(27)3)37(35,36)25-17-15-22(2)16-18-25/h6-18,26H,5,19-21H2,1-4H3,(H,30,34)/t26-/m0/s1. The van der Waals surface area contributed by atoms with E-state index in [1.54, 1.807) is 36.4 Å². The van der Waals surface area contributed by atoms with Gasteiger partial charge in [0.2, 0.25) is 11.8 Å². The molecule has 1 N–H and O–H groups in total. The number of amides is 2. The number of nitrogens with one attached hydrogen (secondary N) is 1. The number of para-hydroxylation sites is 1. The Labute approximate surface area is 220 Å². The van der Waals surface area contributed by atoms with Gasteiger partial charge in [0, 0.05) is 13.6 Å². The van der Waals surface area contributed by atoms with Crippen molar-refractivity contribution in [2.24, 2.45) is 0 Å². The number of likely N-dealkylation sites (N-methyl/N-ethyl adjacent to an activating group) is 1. The lowest BCUT2D eigenvalue weighted by Gasteiger charge is -2.33. The van der Waals surface area contributed by atoms with Crippen molar-refractivity contribution in [3.63, 3.8) is 0 Å². The van der Waals surface area contributed by atoms with E-state index in [0.717, 1.165) is 21.0 Å². The zero-order valence-corrected chi connectivity index (χ0v) is 22.7. The molecule has 0 unspecified atom stereocenters. The summed E-state index contributed by atoms with van der Waals surface area (Å²) in [4.78, 5) is 28.2. The van der Waals surface area contributed by atoms with Crippen molar-refractivity contribution in [3.8, 4) is 0 Å². The minimum Gasteiger partial charge on any atom is -0.357 e. The molecule has 3 aromatic rings. The smallest absolute Gasteiger partial charge is 0.264 e. The molecule has 37 heavy (non-hydrogen) atoms. The molecule has 0 saturated heterocycles. The molecule has 0 saturated carbocycles. The Morgan fingerprint density at radius 2 is 1.51 bits per heavy atom. The van der Waals surface area contributed by atoms with E-state index in [2.05, 4.69) is 5.32 Å². The SMILES string of the molecule is CC[C@@H](C(=O)NC)N(CCc1ccccc1)C(=O)CN(c1ccccc1C)S(=O)(=O)c1ccc(C)cc1. The van der Waals surface area contributed by atoms with Crippen molar-refractivity contribution in [3.05, 3.63) is 95.6 Å². The van der Waals surface area contributed by atoms with E-state index in [4.69, 9.17) is 0 Å². The van der Waals surface area contributed by atoms with Crippen LogP contribution in [0.15, 0.2) is 83.8 Å². The number of nitrogens with zero attached hydrogens (tertiary/aromatic N) is 2. The summed E-state index contributed by atoms with van der Waals surface area (Å²) in [6.45, 7) is 5.38. The minimum absolute atomic E-state index is 0.100. The van der Waals surface area contributed by atoms with E-state index in [9.17, 15) is 18.0 Å².